The number of ether oxygens (including phenoxy) is 1. The largest absolute Gasteiger partial charge is 0.463 e. The molecule has 47 heavy (non-hydrogen) atoms. The molecule has 6 rings (SSSR count). The van der Waals surface area contributed by atoms with Crippen molar-refractivity contribution in [2.24, 2.45) is 5.41 Å². The number of amides is 2. The zero-order valence-electron chi connectivity index (χ0n) is 26.1. The van der Waals surface area contributed by atoms with Crippen molar-refractivity contribution in [3.63, 3.8) is 0 Å². The second kappa shape index (κ2) is 11.2. The summed E-state index contributed by atoms with van der Waals surface area (Å²) in [5, 5.41) is 7.51. The molecule has 244 valence electrons. The van der Waals surface area contributed by atoms with Crippen LogP contribution in [0, 0.1) is 19.3 Å². The highest BCUT2D eigenvalue weighted by Gasteiger charge is 2.64. The summed E-state index contributed by atoms with van der Waals surface area (Å²) < 4.78 is 46.0. The van der Waals surface area contributed by atoms with Gasteiger partial charge >= 0.3 is 12.1 Å². The van der Waals surface area contributed by atoms with Crippen molar-refractivity contribution >= 4 is 40.3 Å². The molecular formula is C32H30F3N7O5. The standard InChI is InChI=1S/C32H30F3N7O5/c1-15-6-7-22(32(33,34)35)38-27(15)39-29(45)21-10-31(4)11-23(31)42(21)24(44)14-41-26-16(2)8-18(9-20(26)25(40-41)17(3)43)19-12-36-28(37-13-19)30(46)47-5/h6-9,12-13,21,23H,10-11,14H2,1-5H3,(H,38,39,45)/t21-,23+,31-/m0/s1. The van der Waals surface area contributed by atoms with Crippen molar-refractivity contribution in [2.75, 3.05) is 12.4 Å². The van der Waals surface area contributed by atoms with E-state index in [4.69, 9.17) is 0 Å². The van der Waals surface area contributed by atoms with Crippen LogP contribution < -0.4 is 5.32 Å². The third-order valence-corrected chi connectivity index (χ3v) is 8.86. The first-order valence-electron chi connectivity index (χ1n) is 14.7. The monoisotopic (exact) mass is 649 g/mol. The number of hydrogen-bond acceptors (Lipinski definition) is 9. The molecule has 0 unspecified atom stereocenters. The predicted octanol–water partition coefficient (Wildman–Crippen LogP) is 4.53. The lowest BCUT2D eigenvalue weighted by Gasteiger charge is -2.27. The number of likely N-dealkylation sites (tertiary alicyclic amines) is 1. The van der Waals surface area contributed by atoms with Gasteiger partial charge in [0.1, 0.15) is 29.8 Å². The molecule has 15 heteroatoms. The Morgan fingerprint density at radius 1 is 1.04 bits per heavy atom. The number of hydrogen-bond donors (Lipinski definition) is 1. The number of nitrogens with one attached hydrogen (secondary N) is 1. The number of fused-ring (bicyclic) bond motifs is 2. The zero-order valence-corrected chi connectivity index (χ0v) is 26.1. The van der Waals surface area contributed by atoms with Gasteiger partial charge in [0.05, 0.1) is 12.6 Å². The zero-order chi connectivity index (χ0) is 34.0. The minimum absolute atomic E-state index is 0.105. The van der Waals surface area contributed by atoms with Crippen LogP contribution >= 0.6 is 0 Å². The van der Waals surface area contributed by atoms with Gasteiger partial charge in [-0.3, -0.25) is 19.1 Å². The Hall–Kier alpha value is -5.21. The molecular weight excluding hydrogens is 619 g/mol. The molecule has 2 fully saturated rings. The average Bonchev–Trinajstić information content (AvgIpc) is 3.37. The molecule has 2 aliphatic rings. The van der Waals surface area contributed by atoms with Crippen molar-refractivity contribution in [3.8, 4) is 11.1 Å². The number of esters is 1. The molecule has 0 bridgehead atoms. The number of benzene rings is 1. The molecule has 4 heterocycles. The van der Waals surface area contributed by atoms with E-state index in [0.717, 1.165) is 6.07 Å². The summed E-state index contributed by atoms with van der Waals surface area (Å²) in [4.78, 5) is 65.1. The number of rotatable bonds is 7. The van der Waals surface area contributed by atoms with Crippen molar-refractivity contribution in [2.45, 2.75) is 65.3 Å². The van der Waals surface area contributed by atoms with Gasteiger partial charge in [0.15, 0.2) is 5.78 Å². The van der Waals surface area contributed by atoms with E-state index in [2.05, 4.69) is 30.1 Å². The highest BCUT2D eigenvalue weighted by Crippen LogP contribution is 2.59. The van der Waals surface area contributed by atoms with Crippen LogP contribution in [0.1, 0.15) is 64.6 Å². The lowest BCUT2D eigenvalue weighted by molar-refractivity contribution is -0.141. The molecule has 4 aromatic rings. The number of carbonyl (C=O) groups is 4. The molecule has 1 aliphatic heterocycles. The predicted molar refractivity (Wildman–Crippen MR) is 161 cm³/mol. The maximum atomic E-state index is 13.9. The van der Waals surface area contributed by atoms with Gasteiger partial charge < -0.3 is 15.0 Å². The fourth-order valence-corrected chi connectivity index (χ4v) is 6.33. The van der Waals surface area contributed by atoms with E-state index < -0.39 is 35.7 Å². The minimum Gasteiger partial charge on any atom is -0.463 e. The fourth-order valence-electron chi connectivity index (χ4n) is 6.33. The summed E-state index contributed by atoms with van der Waals surface area (Å²) in [5.74, 6) is -2.37. The smallest absolute Gasteiger partial charge is 0.433 e. The second-order valence-electron chi connectivity index (χ2n) is 12.3. The first-order chi connectivity index (χ1) is 22.1. The van der Waals surface area contributed by atoms with E-state index in [1.54, 1.807) is 13.0 Å². The summed E-state index contributed by atoms with van der Waals surface area (Å²) in [7, 11) is 1.23. The van der Waals surface area contributed by atoms with E-state index in [0.29, 0.717) is 46.0 Å². The number of methoxy groups -OCH3 is 1. The quantitative estimate of drug-likeness (QED) is 0.225. The summed E-state index contributed by atoms with van der Waals surface area (Å²) in [5.41, 5.74) is 1.52. The lowest BCUT2D eigenvalue weighted by atomic mass is 10.0. The highest BCUT2D eigenvalue weighted by atomic mass is 19.4. The second-order valence-corrected chi connectivity index (χ2v) is 12.3. The first-order valence-corrected chi connectivity index (χ1v) is 14.7. The highest BCUT2D eigenvalue weighted by molar-refractivity contribution is 6.07. The summed E-state index contributed by atoms with van der Waals surface area (Å²) in [6.45, 7) is 6.38. The number of aromatic nitrogens is 5. The normalized spacial score (nSPS) is 20.2. The lowest BCUT2D eigenvalue weighted by Crippen LogP contribution is -2.47. The van der Waals surface area contributed by atoms with Crippen molar-refractivity contribution in [1.82, 2.24) is 29.6 Å². The maximum Gasteiger partial charge on any atom is 0.433 e. The Bertz CT molecular complexity index is 1970. The molecule has 12 nitrogen and oxygen atoms in total. The van der Waals surface area contributed by atoms with Crippen LogP contribution in [0.3, 0.4) is 0 Å². The molecule has 3 aromatic heterocycles. The van der Waals surface area contributed by atoms with Crippen LogP contribution in [-0.4, -0.2) is 72.4 Å². The van der Waals surface area contributed by atoms with Gasteiger partial charge in [-0.1, -0.05) is 13.0 Å². The number of nitrogens with zero attached hydrogens (tertiary/aromatic N) is 6. The Morgan fingerprint density at radius 2 is 1.74 bits per heavy atom. The number of piperidine rings is 1. The number of Topliss-reactive ketones (excluding diaryl/α,β-unsaturated/α-hetero) is 1. The Balaban J connectivity index is 1.29. The molecule has 1 aliphatic carbocycles. The molecule has 1 saturated heterocycles. The number of halogens is 3. The summed E-state index contributed by atoms with van der Waals surface area (Å²) >= 11 is 0. The topological polar surface area (TPSA) is 149 Å². The van der Waals surface area contributed by atoms with Crippen LogP contribution in [0.4, 0.5) is 19.0 Å². The number of alkyl halides is 3. The molecule has 1 aromatic carbocycles. The Kier molecular flexibility index (Phi) is 7.60. The van der Waals surface area contributed by atoms with Crippen LogP contribution in [0.15, 0.2) is 36.7 Å². The first kappa shape index (κ1) is 31.8. The van der Waals surface area contributed by atoms with Gasteiger partial charge in [0.25, 0.3) is 0 Å². The minimum atomic E-state index is -4.69. The Labute approximate surface area is 266 Å². The Morgan fingerprint density at radius 3 is 2.38 bits per heavy atom. The third-order valence-electron chi connectivity index (χ3n) is 8.86. The van der Waals surface area contributed by atoms with Crippen LogP contribution in [0.5, 0.6) is 0 Å². The number of anilines is 1. The van der Waals surface area contributed by atoms with Crippen molar-refractivity contribution in [3.05, 3.63) is 65.0 Å². The number of ketones is 1. The molecule has 1 N–H and O–H groups in total. The fraction of sp³-hybridized carbons (Fsp3) is 0.375. The van der Waals surface area contributed by atoms with Gasteiger partial charge in [-0.2, -0.15) is 18.3 Å². The number of aryl methyl sites for hydroxylation is 2. The van der Waals surface area contributed by atoms with E-state index in [1.165, 1.54) is 49.0 Å². The molecule has 0 spiro atoms. The third kappa shape index (κ3) is 5.70. The average molecular weight is 650 g/mol. The van der Waals surface area contributed by atoms with E-state index in [1.807, 2.05) is 13.0 Å². The number of pyridine rings is 1. The van der Waals surface area contributed by atoms with Crippen LogP contribution in [0.25, 0.3) is 22.0 Å². The molecule has 1 saturated carbocycles. The van der Waals surface area contributed by atoms with E-state index in [9.17, 15) is 32.3 Å². The summed E-state index contributed by atoms with van der Waals surface area (Å²) in [6, 6.07) is 4.47. The van der Waals surface area contributed by atoms with Gasteiger partial charge in [-0.05, 0) is 67.0 Å². The van der Waals surface area contributed by atoms with Gasteiger partial charge in [0.2, 0.25) is 17.6 Å². The van der Waals surface area contributed by atoms with Gasteiger partial charge in [-0.25, -0.2) is 19.7 Å². The number of carbonyl (C=O) groups excluding carboxylic acids is 4. The maximum absolute atomic E-state index is 13.9. The molecule has 0 radical (unpaired) electrons. The van der Waals surface area contributed by atoms with Gasteiger partial charge in [-0.15, -0.1) is 0 Å². The molecule has 2 amide bonds. The van der Waals surface area contributed by atoms with Gasteiger partial charge in [0, 0.05) is 36.3 Å². The van der Waals surface area contributed by atoms with Crippen molar-refractivity contribution in [1.29, 1.82) is 0 Å². The van der Waals surface area contributed by atoms with E-state index >= 15 is 0 Å². The molecule has 3 atom stereocenters. The van der Waals surface area contributed by atoms with E-state index in [-0.39, 0.29) is 41.1 Å². The SMILES string of the molecule is COC(=O)c1ncc(-c2cc(C)c3c(c2)c(C(C)=O)nn3CC(=O)N2[C@H](C(=O)Nc3nc(C(F)(F)F)ccc3C)C[C@@]3(C)C[C@@H]23)cn1. The van der Waals surface area contributed by atoms with Crippen LogP contribution in [0.2, 0.25) is 0 Å². The van der Waals surface area contributed by atoms with Crippen molar-refractivity contribution < 1.29 is 37.1 Å². The summed E-state index contributed by atoms with van der Waals surface area (Å²) in [6.07, 6.45) is -0.747. The van der Waals surface area contributed by atoms with Crippen LogP contribution in [-0.2, 0) is 27.0 Å².